The highest BCUT2D eigenvalue weighted by Gasteiger charge is 2.36. The minimum absolute atomic E-state index is 0.123. The van der Waals surface area contributed by atoms with Crippen LogP contribution in [-0.2, 0) is 4.79 Å². The van der Waals surface area contributed by atoms with Crippen LogP contribution >= 0.6 is 0 Å². The van der Waals surface area contributed by atoms with Gasteiger partial charge in [0, 0.05) is 0 Å². The van der Waals surface area contributed by atoms with Crippen LogP contribution in [0, 0.1) is 0 Å². The SMILES string of the molecule is NC1=C(C2(N)C=CC=CC2)C(=O)N=N1. The van der Waals surface area contributed by atoms with Gasteiger partial charge in [-0.2, -0.15) is 0 Å². The Kier molecular flexibility index (Phi) is 1.82. The van der Waals surface area contributed by atoms with E-state index in [2.05, 4.69) is 10.2 Å². The molecule has 0 fully saturated rings. The lowest BCUT2D eigenvalue weighted by Gasteiger charge is -2.26. The molecule has 0 aromatic heterocycles. The van der Waals surface area contributed by atoms with Gasteiger partial charge in [0.25, 0.3) is 5.91 Å². The minimum atomic E-state index is -0.848. The molecular weight excluding hydrogens is 180 g/mol. The summed E-state index contributed by atoms with van der Waals surface area (Å²) in [5.74, 6) is -0.317. The van der Waals surface area contributed by atoms with Crippen LogP contribution in [0.5, 0.6) is 0 Å². The zero-order valence-corrected chi connectivity index (χ0v) is 7.47. The van der Waals surface area contributed by atoms with E-state index in [4.69, 9.17) is 11.5 Å². The molecule has 1 unspecified atom stereocenters. The Balaban J connectivity index is 2.41. The second kappa shape index (κ2) is 2.88. The van der Waals surface area contributed by atoms with Crippen LogP contribution in [0.3, 0.4) is 0 Å². The summed E-state index contributed by atoms with van der Waals surface area (Å²) >= 11 is 0. The van der Waals surface area contributed by atoms with Gasteiger partial charge >= 0.3 is 0 Å². The lowest BCUT2D eigenvalue weighted by Crippen LogP contribution is -2.43. The number of nitrogens with zero attached hydrogens (tertiary/aromatic N) is 2. The first-order valence-electron chi connectivity index (χ1n) is 4.23. The van der Waals surface area contributed by atoms with Crippen LogP contribution in [0.15, 0.2) is 45.9 Å². The van der Waals surface area contributed by atoms with Crippen LogP contribution in [0.1, 0.15) is 6.42 Å². The smallest absolute Gasteiger partial charge is 0.297 e. The van der Waals surface area contributed by atoms with Crippen molar-refractivity contribution in [3.63, 3.8) is 0 Å². The summed E-state index contributed by atoms with van der Waals surface area (Å²) < 4.78 is 0. The van der Waals surface area contributed by atoms with E-state index in [0.717, 1.165) is 0 Å². The molecule has 1 aliphatic heterocycles. The molecule has 0 spiro atoms. The Morgan fingerprint density at radius 2 is 2.14 bits per heavy atom. The molecule has 0 saturated heterocycles. The van der Waals surface area contributed by atoms with E-state index in [-0.39, 0.29) is 11.4 Å². The largest absolute Gasteiger partial charge is 0.382 e. The van der Waals surface area contributed by atoms with Crippen molar-refractivity contribution in [2.24, 2.45) is 21.7 Å². The quantitative estimate of drug-likeness (QED) is 0.625. The number of rotatable bonds is 1. The predicted molar refractivity (Wildman–Crippen MR) is 50.9 cm³/mol. The Morgan fingerprint density at radius 1 is 1.36 bits per heavy atom. The molecular formula is C9H10N4O. The maximum atomic E-state index is 11.4. The number of carbonyl (C=O) groups excluding carboxylic acids is 1. The number of allylic oxidation sites excluding steroid dienone is 2. The molecule has 0 aromatic rings. The summed E-state index contributed by atoms with van der Waals surface area (Å²) in [6.45, 7) is 0. The van der Waals surface area contributed by atoms with Crippen molar-refractivity contribution in [1.82, 2.24) is 0 Å². The molecule has 72 valence electrons. The molecule has 1 amide bonds. The number of hydrogen-bond donors (Lipinski definition) is 2. The first kappa shape index (κ1) is 8.83. The molecule has 1 heterocycles. The van der Waals surface area contributed by atoms with Crippen LogP contribution in [0.25, 0.3) is 0 Å². The van der Waals surface area contributed by atoms with Crippen molar-refractivity contribution in [1.29, 1.82) is 0 Å². The van der Waals surface area contributed by atoms with E-state index in [0.29, 0.717) is 6.42 Å². The van der Waals surface area contributed by atoms with Gasteiger partial charge in [-0.1, -0.05) is 24.3 Å². The third-order valence-electron chi connectivity index (χ3n) is 2.28. The van der Waals surface area contributed by atoms with Crippen molar-refractivity contribution in [3.05, 3.63) is 35.7 Å². The standard InChI is InChI=1S/C9H10N4O/c10-7-6(8(14)13-12-7)9(11)4-2-1-3-5-9/h1-4H,5,10-11H2. The maximum Gasteiger partial charge on any atom is 0.297 e. The van der Waals surface area contributed by atoms with Crippen molar-refractivity contribution < 1.29 is 4.79 Å². The lowest BCUT2D eigenvalue weighted by molar-refractivity contribution is -0.114. The van der Waals surface area contributed by atoms with Gasteiger partial charge in [-0.05, 0) is 6.42 Å². The van der Waals surface area contributed by atoms with Gasteiger partial charge in [0.15, 0.2) is 5.82 Å². The fraction of sp³-hybridized carbons (Fsp3) is 0.222. The molecule has 1 atom stereocenters. The zero-order chi connectivity index (χ0) is 10.2. The predicted octanol–water partition coefficient (Wildman–Crippen LogP) is 0.363. The van der Waals surface area contributed by atoms with E-state index in [9.17, 15) is 4.79 Å². The molecule has 0 aromatic carbocycles. The average molecular weight is 190 g/mol. The van der Waals surface area contributed by atoms with Gasteiger partial charge in [0.05, 0.1) is 11.1 Å². The highest BCUT2D eigenvalue weighted by Crippen LogP contribution is 2.29. The van der Waals surface area contributed by atoms with Crippen molar-refractivity contribution in [2.75, 3.05) is 0 Å². The summed E-state index contributed by atoms with van der Waals surface area (Å²) in [5.41, 5.74) is 11.0. The van der Waals surface area contributed by atoms with E-state index < -0.39 is 11.4 Å². The molecule has 1 aliphatic carbocycles. The topological polar surface area (TPSA) is 93.8 Å². The second-order valence-electron chi connectivity index (χ2n) is 3.30. The van der Waals surface area contributed by atoms with E-state index in [1.54, 1.807) is 12.2 Å². The molecule has 5 heteroatoms. The van der Waals surface area contributed by atoms with Gasteiger partial charge < -0.3 is 11.5 Å². The monoisotopic (exact) mass is 190 g/mol. The fourth-order valence-electron chi connectivity index (χ4n) is 1.57. The second-order valence-corrected chi connectivity index (χ2v) is 3.30. The molecule has 2 aliphatic rings. The Hall–Kier alpha value is -1.75. The van der Waals surface area contributed by atoms with Gasteiger partial charge in [-0.15, -0.1) is 10.2 Å². The number of nitrogens with two attached hydrogens (primary N) is 2. The van der Waals surface area contributed by atoms with Crippen LogP contribution in [0.2, 0.25) is 0 Å². The Bertz CT molecular complexity index is 405. The lowest BCUT2D eigenvalue weighted by atomic mass is 9.84. The van der Waals surface area contributed by atoms with Gasteiger partial charge in [0.1, 0.15) is 0 Å². The Labute approximate surface area is 80.9 Å². The molecule has 2 rings (SSSR count). The summed E-state index contributed by atoms with van der Waals surface area (Å²) in [6, 6.07) is 0. The van der Waals surface area contributed by atoms with E-state index in [1.807, 2.05) is 12.2 Å². The van der Waals surface area contributed by atoms with Gasteiger partial charge in [-0.25, -0.2) is 0 Å². The van der Waals surface area contributed by atoms with Crippen molar-refractivity contribution in [3.8, 4) is 0 Å². The third-order valence-corrected chi connectivity index (χ3v) is 2.28. The number of azo groups is 1. The number of amides is 1. The summed E-state index contributed by atoms with van der Waals surface area (Å²) in [4.78, 5) is 11.4. The number of carbonyl (C=O) groups is 1. The summed E-state index contributed by atoms with van der Waals surface area (Å²) in [7, 11) is 0. The van der Waals surface area contributed by atoms with Gasteiger partial charge in [0.2, 0.25) is 0 Å². The number of hydrogen-bond acceptors (Lipinski definition) is 4. The molecule has 0 saturated carbocycles. The zero-order valence-electron chi connectivity index (χ0n) is 7.47. The summed E-state index contributed by atoms with van der Waals surface area (Å²) in [6.07, 6.45) is 7.82. The van der Waals surface area contributed by atoms with Crippen LogP contribution < -0.4 is 11.5 Å². The molecule has 0 radical (unpaired) electrons. The molecule has 0 bridgehead atoms. The third kappa shape index (κ3) is 1.18. The van der Waals surface area contributed by atoms with Gasteiger partial charge in [-0.3, -0.25) is 4.79 Å². The van der Waals surface area contributed by atoms with E-state index in [1.165, 1.54) is 0 Å². The average Bonchev–Trinajstić information content (AvgIpc) is 2.48. The molecule has 5 nitrogen and oxygen atoms in total. The maximum absolute atomic E-state index is 11.4. The van der Waals surface area contributed by atoms with Crippen molar-refractivity contribution in [2.45, 2.75) is 12.0 Å². The van der Waals surface area contributed by atoms with Crippen LogP contribution in [-0.4, -0.2) is 11.4 Å². The summed E-state index contributed by atoms with van der Waals surface area (Å²) in [5, 5.41) is 6.88. The highest BCUT2D eigenvalue weighted by atomic mass is 16.2. The fourth-order valence-corrected chi connectivity index (χ4v) is 1.57. The van der Waals surface area contributed by atoms with Crippen LogP contribution in [0.4, 0.5) is 0 Å². The molecule has 14 heavy (non-hydrogen) atoms. The molecule has 4 N–H and O–H groups in total. The first-order valence-corrected chi connectivity index (χ1v) is 4.23. The Morgan fingerprint density at radius 3 is 2.64 bits per heavy atom. The first-order chi connectivity index (χ1) is 6.63. The highest BCUT2D eigenvalue weighted by molar-refractivity contribution is 5.99. The van der Waals surface area contributed by atoms with Crippen molar-refractivity contribution >= 4 is 5.91 Å². The normalized spacial score (nSPS) is 30.5. The van der Waals surface area contributed by atoms with E-state index >= 15 is 0 Å². The minimum Gasteiger partial charge on any atom is -0.382 e.